The van der Waals surface area contributed by atoms with E-state index < -0.39 is 0 Å². The minimum absolute atomic E-state index is 0.0282. The van der Waals surface area contributed by atoms with E-state index in [-0.39, 0.29) is 11.8 Å². The highest BCUT2D eigenvalue weighted by atomic mass is 16.2. The number of hydrogen-bond acceptors (Lipinski definition) is 5. The fourth-order valence-electron chi connectivity index (χ4n) is 6.19. The van der Waals surface area contributed by atoms with Gasteiger partial charge < -0.3 is 10.2 Å². The lowest BCUT2D eigenvalue weighted by atomic mass is 9.83. The number of piperidine rings is 1. The van der Waals surface area contributed by atoms with Gasteiger partial charge in [0.2, 0.25) is 5.91 Å². The minimum atomic E-state index is -0.0282. The standard InChI is InChI=1S/C30H33BN6O/c31-25-20-34-37-27(33-19-21-7-6-14-32-18-21)17-26(35-29(25)37)22-12-15-36(16-13-22)30(38)28(24-10-4-5-11-24)23-8-2-1-3-9-23/h1-3,6-9,14,17-18,20,22,24,28,33H,4-5,10-13,15-16,19H2. The van der Waals surface area contributed by atoms with Crippen LogP contribution in [0.15, 0.2) is 67.1 Å². The van der Waals surface area contributed by atoms with E-state index in [4.69, 9.17) is 12.8 Å². The molecule has 6 rings (SSSR count). The van der Waals surface area contributed by atoms with Crippen LogP contribution in [0.3, 0.4) is 0 Å². The fraction of sp³-hybridized carbons (Fsp3) is 0.400. The van der Waals surface area contributed by atoms with Crippen molar-refractivity contribution >= 4 is 30.7 Å². The number of carbonyl (C=O) groups excluding carboxylic acids is 1. The van der Waals surface area contributed by atoms with E-state index in [1.54, 1.807) is 16.9 Å². The van der Waals surface area contributed by atoms with Gasteiger partial charge >= 0.3 is 0 Å². The van der Waals surface area contributed by atoms with E-state index in [1.807, 2.05) is 24.4 Å². The molecule has 2 radical (unpaired) electrons. The van der Waals surface area contributed by atoms with Gasteiger partial charge in [0.1, 0.15) is 19.3 Å². The van der Waals surface area contributed by atoms with E-state index in [0.29, 0.717) is 29.5 Å². The van der Waals surface area contributed by atoms with E-state index in [0.717, 1.165) is 55.8 Å². The van der Waals surface area contributed by atoms with E-state index in [9.17, 15) is 4.79 Å². The molecule has 2 fully saturated rings. The van der Waals surface area contributed by atoms with Crippen LogP contribution in [0, 0.1) is 5.92 Å². The van der Waals surface area contributed by atoms with Gasteiger partial charge in [-0.1, -0.05) is 49.2 Å². The van der Waals surface area contributed by atoms with Gasteiger partial charge in [-0.2, -0.15) is 9.61 Å². The number of anilines is 1. The van der Waals surface area contributed by atoms with Crippen LogP contribution in [0.25, 0.3) is 5.65 Å². The van der Waals surface area contributed by atoms with Gasteiger partial charge in [0.15, 0.2) is 0 Å². The van der Waals surface area contributed by atoms with Crippen LogP contribution in [0.1, 0.15) is 67.2 Å². The number of pyridine rings is 1. The summed E-state index contributed by atoms with van der Waals surface area (Å²) in [5.41, 5.74) is 4.48. The minimum Gasteiger partial charge on any atom is -0.366 e. The average molecular weight is 504 g/mol. The second-order valence-corrected chi connectivity index (χ2v) is 10.6. The third-order valence-electron chi connectivity index (χ3n) is 8.24. The van der Waals surface area contributed by atoms with Crippen molar-refractivity contribution in [3.05, 3.63) is 83.9 Å². The van der Waals surface area contributed by atoms with Crippen LogP contribution in [-0.2, 0) is 11.3 Å². The number of nitrogens with one attached hydrogen (secondary N) is 1. The zero-order valence-electron chi connectivity index (χ0n) is 21.7. The van der Waals surface area contributed by atoms with Crippen molar-refractivity contribution in [2.75, 3.05) is 18.4 Å². The molecule has 192 valence electrons. The number of benzene rings is 1. The zero-order chi connectivity index (χ0) is 25.9. The molecule has 1 saturated heterocycles. The number of amides is 1. The molecule has 0 bridgehead atoms. The zero-order valence-corrected chi connectivity index (χ0v) is 21.7. The Morgan fingerprint density at radius 2 is 1.82 bits per heavy atom. The van der Waals surface area contributed by atoms with Crippen LogP contribution in [0.4, 0.5) is 5.82 Å². The Kier molecular flexibility index (Phi) is 7.12. The van der Waals surface area contributed by atoms with Crippen LogP contribution >= 0.6 is 0 Å². The van der Waals surface area contributed by atoms with Crippen molar-refractivity contribution in [2.24, 2.45) is 5.92 Å². The summed E-state index contributed by atoms with van der Waals surface area (Å²) in [7, 11) is 6.22. The highest BCUT2D eigenvalue weighted by molar-refractivity contribution is 6.36. The Labute approximate surface area is 225 Å². The molecule has 3 aromatic heterocycles. The molecule has 2 aliphatic rings. The first-order valence-corrected chi connectivity index (χ1v) is 13.8. The number of hydrogen-bond donors (Lipinski definition) is 1. The Hall–Kier alpha value is -3.68. The van der Waals surface area contributed by atoms with E-state index >= 15 is 0 Å². The lowest BCUT2D eigenvalue weighted by molar-refractivity contribution is -0.135. The van der Waals surface area contributed by atoms with Gasteiger partial charge in [0.25, 0.3) is 0 Å². The molecule has 7 nitrogen and oxygen atoms in total. The van der Waals surface area contributed by atoms with Gasteiger partial charge in [0.05, 0.1) is 5.92 Å². The van der Waals surface area contributed by atoms with Crippen molar-refractivity contribution in [1.29, 1.82) is 0 Å². The summed E-state index contributed by atoms with van der Waals surface area (Å²) >= 11 is 0. The molecule has 1 aliphatic carbocycles. The Balaban J connectivity index is 1.19. The van der Waals surface area contributed by atoms with Gasteiger partial charge in [0, 0.05) is 55.9 Å². The molecule has 1 unspecified atom stereocenters. The molecule has 1 amide bonds. The summed E-state index contributed by atoms with van der Waals surface area (Å²) in [5.74, 6) is 1.83. The van der Waals surface area contributed by atoms with E-state index in [2.05, 4.69) is 50.6 Å². The van der Waals surface area contributed by atoms with Crippen molar-refractivity contribution < 1.29 is 4.79 Å². The van der Waals surface area contributed by atoms with E-state index in [1.165, 1.54) is 18.4 Å². The maximum absolute atomic E-state index is 13.9. The molecule has 8 heteroatoms. The molecular weight excluding hydrogens is 471 g/mol. The average Bonchev–Trinajstić information content (AvgIpc) is 3.63. The van der Waals surface area contributed by atoms with Crippen LogP contribution in [0.2, 0.25) is 0 Å². The maximum Gasteiger partial charge on any atom is 0.230 e. The first-order chi connectivity index (χ1) is 18.7. The first-order valence-electron chi connectivity index (χ1n) is 13.8. The SMILES string of the molecule is [B]c1cnn2c(NCc3cccnc3)cc(C3CCN(C(=O)C(c4ccccc4)C4CCCC4)CC3)nc12. The summed E-state index contributed by atoms with van der Waals surface area (Å²) < 4.78 is 1.76. The quantitative estimate of drug-likeness (QED) is 0.382. The number of aromatic nitrogens is 4. The summed E-state index contributed by atoms with van der Waals surface area (Å²) in [6, 6.07) is 16.5. The largest absolute Gasteiger partial charge is 0.366 e. The smallest absolute Gasteiger partial charge is 0.230 e. The molecule has 4 aromatic rings. The third kappa shape index (κ3) is 5.04. The van der Waals surface area contributed by atoms with Gasteiger partial charge in [-0.15, -0.1) is 0 Å². The molecule has 0 spiro atoms. The fourth-order valence-corrected chi connectivity index (χ4v) is 6.19. The van der Waals surface area contributed by atoms with Crippen LogP contribution in [0.5, 0.6) is 0 Å². The van der Waals surface area contributed by atoms with Crippen molar-refractivity contribution in [3.8, 4) is 0 Å². The summed E-state index contributed by atoms with van der Waals surface area (Å²) in [4.78, 5) is 25.1. The third-order valence-corrected chi connectivity index (χ3v) is 8.24. The van der Waals surface area contributed by atoms with Gasteiger partial charge in [-0.3, -0.25) is 9.78 Å². The van der Waals surface area contributed by atoms with Crippen LogP contribution in [-0.4, -0.2) is 51.3 Å². The number of rotatable bonds is 7. The second-order valence-electron chi connectivity index (χ2n) is 10.6. The molecule has 1 N–H and O–H groups in total. The number of fused-ring (bicyclic) bond motifs is 1. The summed E-state index contributed by atoms with van der Waals surface area (Å²) in [6.07, 6.45) is 11.8. The van der Waals surface area contributed by atoms with Crippen LogP contribution < -0.4 is 10.8 Å². The monoisotopic (exact) mass is 504 g/mol. The molecule has 38 heavy (non-hydrogen) atoms. The molecule has 4 heterocycles. The lowest BCUT2D eigenvalue weighted by Gasteiger charge is -2.36. The van der Waals surface area contributed by atoms with Crippen molar-refractivity contribution in [2.45, 2.75) is 56.9 Å². The number of carbonyl (C=O) groups is 1. The van der Waals surface area contributed by atoms with Crippen molar-refractivity contribution in [1.82, 2.24) is 24.5 Å². The number of likely N-dealkylation sites (tertiary alicyclic amines) is 1. The topological polar surface area (TPSA) is 75.4 Å². The summed E-state index contributed by atoms with van der Waals surface area (Å²) in [5, 5.41) is 7.92. The second kappa shape index (κ2) is 11.0. The Morgan fingerprint density at radius 3 is 2.55 bits per heavy atom. The summed E-state index contributed by atoms with van der Waals surface area (Å²) in [6.45, 7) is 2.13. The predicted octanol–water partition coefficient (Wildman–Crippen LogP) is 4.21. The molecule has 1 aliphatic heterocycles. The highest BCUT2D eigenvalue weighted by Crippen LogP contribution is 2.39. The molecular formula is C30H33BN6O. The first kappa shape index (κ1) is 24.6. The predicted molar refractivity (Wildman–Crippen MR) is 150 cm³/mol. The molecule has 1 atom stereocenters. The maximum atomic E-state index is 13.9. The Morgan fingerprint density at radius 1 is 1.03 bits per heavy atom. The van der Waals surface area contributed by atoms with Crippen molar-refractivity contribution in [3.63, 3.8) is 0 Å². The van der Waals surface area contributed by atoms with Gasteiger partial charge in [-0.05, 0) is 54.3 Å². The lowest BCUT2D eigenvalue weighted by Crippen LogP contribution is -2.42. The highest BCUT2D eigenvalue weighted by Gasteiger charge is 2.36. The molecule has 1 saturated carbocycles. The number of nitrogens with zero attached hydrogens (tertiary/aromatic N) is 5. The Bertz CT molecular complexity index is 1380. The normalized spacial score (nSPS) is 17.6. The molecule has 1 aromatic carbocycles. The van der Waals surface area contributed by atoms with Gasteiger partial charge in [-0.25, -0.2) is 4.98 Å².